The van der Waals surface area contributed by atoms with E-state index >= 15 is 0 Å². The molecule has 0 bridgehead atoms. The van der Waals surface area contributed by atoms with E-state index in [9.17, 15) is 0 Å². The Morgan fingerprint density at radius 2 is 2.50 bits per heavy atom. The van der Waals surface area contributed by atoms with Crippen molar-refractivity contribution >= 4 is 11.3 Å². The van der Waals surface area contributed by atoms with Crippen LogP contribution in [0.1, 0.15) is 37.7 Å². The first-order chi connectivity index (χ1) is 7.84. The van der Waals surface area contributed by atoms with Crippen LogP contribution in [0.15, 0.2) is 16.8 Å². The maximum Gasteiger partial charge on any atom is 0.0576 e. The third kappa shape index (κ3) is 3.89. The van der Waals surface area contributed by atoms with Crippen molar-refractivity contribution in [2.75, 3.05) is 6.61 Å². The Labute approximate surface area is 102 Å². The molecule has 2 atom stereocenters. The zero-order chi connectivity index (χ0) is 11.2. The molecular formula is C13H21NOS. The van der Waals surface area contributed by atoms with Crippen molar-refractivity contribution in [3.8, 4) is 0 Å². The summed E-state index contributed by atoms with van der Waals surface area (Å²) in [5.74, 6) is 0. The van der Waals surface area contributed by atoms with Crippen molar-refractivity contribution in [1.29, 1.82) is 0 Å². The fraction of sp³-hybridized carbons (Fsp3) is 0.692. The highest BCUT2D eigenvalue weighted by Crippen LogP contribution is 2.18. The Hall–Kier alpha value is -0.380. The molecule has 90 valence electrons. The van der Waals surface area contributed by atoms with Gasteiger partial charge in [0.05, 0.1) is 6.10 Å². The van der Waals surface area contributed by atoms with Crippen LogP contribution in [0, 0.1) is 0 Å². The van der Waals surface area contributed by atoms with E-state index in [0.717, 1.165) is 19.4 Å². The fourth-order valence-electron chi connectivity index (χ4n) is 2.29. The number of ether oxygens (including phenoxy) is 1. The van der Waals surface area contributed by atoms with Gasteiger partial charge in [0.1, 0.15) is 0 Å². The van der Waals surface area contributed by atoms with E-state index in [1.165, 1.54) is 31.2 Å². The topological polar surface area (TPSA) is 35.2 Å². The summed E-state index contributed by atoms with van der Waals surface area (Å²) in [6, 6.07) is 2.49. The molecule has 0 aliphatic carbocycles. The van der Waals surface area contributed by atoms with Crippen LogP contribution in [-0.4, -0.2) is 18.8 Å². The molecule has 2 heterocycles. The SMILES string of the molecule is NC(CCCC1CCCO1)Cc1ccsc1. The van der Waals surface area contributed by atoms with Gasteiger partial charge in [0.25, 0.3) is 0 Å². The van der Waals surface area contributed by atoms with Gasteiger partial charge in [-0.05, 0) is 60.9 Å². The van der Waals surface area contributed by atoms with Gasteiger partial charge in [-0.25, -0.2) is 0 Å². The van der Waals surface area contributed by atoms with Crippen LogP contribution in [-0.2, 0) is 11.2 Å². The van der Waals surface area contributed by atoms with Gasteiger partial charge in [-0.3, -0.25) is 0 Å². The zero-order valence-corrected chi connectivity index (χ0v) is 10.5. The number of rotatable bonds is 6. The van der Waals surface area contributed by atoms with Crippen molar-refractivity contribution in [3.05, 3.63) is 22.4 Å². The number of hydrogen-bond donors (Lipinski definition) is 1. The molecule has 0 saturated carbocycles. The first-order valence-corrected chi connectivity index (χ1v) is 7.17. The second-order valence-electron chi connectivity index (χ2n) is 4.66. The minimum Gasteiger partial charge on any atom is -0.378 e. The van der Waals surface area contributed by atoms with Crippen LogP contribution in [0.4, 0.5) is 0 Å². The second-order valence-corrected chi connectivity index (χ2v) is 5.44. The van der Waals surface area contributed by atoms with E-state index in [0.29, 0.717) is 12.1 Å². The second kappa shape index (κ2) is 6.38. The maximum atomic E-state index is 6.11. The Balaban J connectivity index is 1.58. The molecule has 2 nitrogen and oxygen atoms in total. The monoisotopic (exact) mass is 239 g/mol. The molecule has 1 fully saturated rings. The smallest absolute Gasteiger partial charge is 0.0576 e. The summed E-state index contributed by atoms with van der Waals surface area (Å²) in [5.41, 5.74) is 7.50. The molecule has 1 aliphatic rings. The fourth-order valence-corrected chi connectivity index (χ4v) is 2.97. The summed E-state index contributed by atoms with van der Waals surface area (Å²) in [7, 11) is 0. The van der Waals surface area contributed by atoms with E-state index in [-0.39, 0.29) is 0 Å². The Bertz CT molecular complexity index is 280. The summed E-state index contributed by atoms with van der Waals surface area (Å²) < 4.78 is 5.60. The van der Waals surface area contributed by atoms with E-state index in [1.54, 1.807) is 11.3 Å². The van der Waals surface area contributed by atoms with Crippen molar-refractivity contribution in [1.82, 2.24) is 0 Å². The van der Waals surface area contributed by atoms with Crippen molar-refractivity contribution in [2.45, 2.75) is 50.7 Å². The molecule has 16 heavy (non-hydrogen) atoms. The first kappa shape index (κ1) is 12.1. The largest absolute Gasteiger partial charge is 0.378 e. The van der Waals surface area contributed by atoms with Crippen LogP contribution >= 0.6 is 11.3 Å². The predicted molar refractivity (Wildman–Crippen MR) is 68.8 cm³/mol. The Morgan fingerprint density at radius 1 is 1.56 bits per heavy atom. The average Bonchev–Trinajstić information content (AvgIpc) is 2.90. The van der Waals surface area contributed by atoms with Gasteiger partial charge >= 0.3 is 0 Å². The van der Waals surface area contributed by atoms with Gasteiger partial charge in [0.15, 0.2) is 0 Å². The highest BCUT2D eigenvalue weighted by molar-refractivity contribution is 7.07. The molecule has 1 aliphatic heterocycles. The highest BCUT2D eigenvalue weighted by atomic mass is 32.1. The molecule has 0 amide bonds. The molecule has 1 saturated heterocycles. The van der Waals surface area contributed by atoms with Gasteiger partial charge in [-0.2, -0.15) is 11.3 Å². The Morgan fingerprint density at radius 3 is 3.19 bits per heavy atom. The molecule has 2 rings (SSSR count). The minimum atomic E-state index is 0.316. The van der Waals surface area contributed by atoms with E-state index < -0.39 is 0 Å². The molecule has 0 spiro atoms. The third-order valence-electron chi connectivity index (χ3n) is 3.20. The van der Waals surface area contributed by atoms with Gasteiger partial charge in [0.2, 0.25) is 0 Å². The number of thiophene rings is 1. The third-order valence-corrected chi connectivity index (χ3v) is 3.94. The van der Waals surface area contributed by atoms with Crippen molar-refractivity contribution in [2.24, 2.45) is 5.73 Å². The van der Waals surface area contributed by atoms with Crippen LogP contribution in [0.5, 0.6) is 0 Å². The summed E-state index contributed by atoms with van der Waals surface area (Å²) in [4.78, 5) is 0. The highest BCUT2D eigenvalue weighted by Gasteiger charge is 2.15. The summed E-state index contributed by atoms with van der Waals surface area (Å²) in [5, 5.41) is 4.31. The molecule has 2 N–H and O–H groups in total. The van der Waals surface area contributed by atoms with Crippen LogP contribution < -0.4 is 5.73 Å². The number of nitrogens with two attached hydrogens (primary N) is 1. The van der Waals surface area contributed by atoms with Gasteiger partial charge in [0, 0.05) is 12.6 Å². The lowest BCUT2D eigenvalue weighted by Crippen LogP contribution is -2.22. The summed E-state index contributed by atoms with van der Waals surface area (Å²) in [6.45, 7) is 0.964. The van der Waals surface area contributed by atoms with E-state index in [1.807, 2.05) is 0 Å². The molecule has 2 unspecified atom stereocenters. The van der Waals surface area contributed by atoms with Crippen LogP contribution in [0.25, 0.3) is 0 Å². The lowest BCUT2D eigenvalue weighted by Gasteiger charge is -2.12. The normalized spacial score (nSPS) is 22.4. The summed E-state index contributed by atoms with van der Waals surface area (Å²) in [6.07, 6.45) is 7.55. The summed E-state index contributed by atoms with van der Waals surface area (Å²) >= 11 is 1.75. The first-order valence-electron chi connectivity index (χ1n) is 6.23. The molecule has 1 aromatic rings. The van der Waals surface area contributed by atoms with Crippen LogP contribution in [0.3, 0.4) is 0 Å². The lowest BCUT2D eigenvalue weighted by atomic mass is 10.0. The van der Waals surface area contributed by atoms with Gasteiger partial charge in [-0.15, -0.1) is 0 Å². The maximum absolute atomic E-state index is 6.11. The van der Waals surface area contributed by atoms with Crippen LogP contribution in [0.2, 0.25) is 0 Å². The predicted octanol–water partition coefficient (Wildman–Crippen LogP) is 2.97. The quantitative estimate of drug-likeness (QED) is 0.828. The zero-order valence-electron chi connectivity index (χ0n) is 9.73. The van der Waals surface area contributed by atoms with E-state index in [2.05, 4.69) is 16.8 Å². The molecular weight excluding hydrogens is 218 g/mol. The van der Waals surface area contributed by atoms with Gasteiger partial charge in [-0.1, -0.05) is 0 Å². The van der Waals surface area contributed by atoms with Crippen molar-refractivity contribution < 1.29 is 4.74 Å². The molecule has 0 aromatic carbocycles. The minimum absolute atomic E-state index is 0.316. The standard InChI is InChI=1S/C13H21NOS/c14-12(9-11-6-8-16-10-11)3-1-4-13-5-2-7-15-13/h6,8,10,12-13H,1-5,7,9,14H2. The Kier molecular flexibility index (Phi) is 4.82. The van der Waals surface area contributed by atoms with E-state index in [4.69, 9.17) is 10.5 Å². The van der Waals surface area contributed by atoms with Crippen molar-refractivity contribution in [3.63, 3.8) is 0 Å². The average molecular weight is 239 g/mol. The lowest BCUT2D eigenvalue weighted by molar-refractivity contribution is 0.101. The molecule has 3 heteroatoms. The molecule has 0 radical (unpaired) electrons. The number of hydrogen-bond acceptors (Lipinski definition) is 3. The van der Waals surface area contributed by atoms with Gasteiger partial charge < -0.3 is 10.5 Å². The molecule has 1 aromatic heterocycles.